The topological polar surface area (TPSA) is 51.9 Å². The van der Waals surface area contributed by atoms with Crippen LogP contribution in [0.1, 0.15) is 0 Å². The first kappa shape index (κ1) is 15.4. The molecule has 0 aliphatic rings. The zero-order valence-electron chi connectivity index (χ0n) is 16.3. The molecule has 0 atom stereocenters. The quantitative estimate of drug-likeness (QED) is 0.382. The van der Waals surface area contributed by atoms with Gasteiger partial charge in [-0.2, -0.15) is 0 Å². The van der Waals surface area contributed by atoms with Crippen LogP contribution in [0, 0.1) is 0 Å². The first-order valence-corrected chi connectivity index (χ1v) is 10.2. The van der Waals surface area contributed by atoms with Gasteiger partial charge in [-0.1, -0.05) is 30.3 Å². The van der Waals surface area contributed by atoms with Crippen LogP contribution in [0.25, 0.3) is 61.4 Å². The maximum Gasteiger partial charge on any atom is 0.223 e. The standard InChI is InChI=1S/C25H14N6/c1-3-10-19-17(8-1)27-24-29(19)21-13-15(16-7-5-6-12-26-16)14-22-23(21)31(24)25-28-18-9-2-4-11-20(18)30(22)25/h1-14H. The fourth-order valence-electron chi connectivity index (χ4n) is 4.95. The van der Waals surface area contributed by atoms with Gasteiger partial charge in [0.25, 0.3) is 0 Å². The van der Waals surface area contributed by atoms with Gasteiger partial charge in [0.15, 0.2) is 0 Å². The largest absolute Gasteiger partial charge is 0.276 e. The lowest BCUT2D eigenvalue weighted by molar-refractivity contribution is 1.15. The Morgan fingerprint density at radius 2 is 1.13 bits per heavy atom. The Kier molecular flexibility index (Phi) is 2.57. The third-order valence-corrected chi connectivity index (χ3v) is 6.22. The van der Waals surface area contributed by atoms with E-state index in [1.165, 1.54) is 0 Å². The molecule has 0 fully saturated rings. The monoisotopic (exact) mass is 398 g/mol. The van der Waals surface area contributed by atoms with Crippen LogP contribution in [0.5, 0.6) is 0 Å². The smallest absolute Gasteiger partial charge is 0.223 e. The molecule has 0 N–H and O–H groups in total. The molecule has 144 valence electrons. The van der Waals surface area contributed by atoms with Crippen molar-refractivity contribution in [1.82, 2.24) is 28.2 Å². The van der Waals surface area contributed by atoms with Crippen molar-refractivity contribution in [3.63, 3.8) is 0 Å². The van der Waals surface area contributed by atoms with Gasteiger partial charge in [0, 0.05) is 11.8 Å². The molecule has 0 spiro atoms. The summed E-state index contributed by atoms with van der Waals surface area (Å²) in [6, 6.07) is 27.0. The molecule has 0 radical (unpaired) electrons. The summed E-state index contributed by atoms with van der Waals surface area (Å²) in [6.45, 7) is 0. The third-order valence-electron chi connectivity index (χ3n) is 6.22. The number of para-hydroxylation sites is 4. The number of fused-ring (bicyclic) bond motifs is 10. The van der Waals surface area contributed by atoms with Gasteiger partial charge >= 0.3 is 0 Å². The maximum absolute atomic E-state index is 4.98. The lowest BCUT2D eigenvalue weighted by Crippen LogP contribution is -1.89. The van der Waals surface area contributed by atoms with Crippen LogP contribution >= 0.6 is 0 Å². The fraction of sp³-hybridized carbons (Fsp3) is 0. The van der Waals surface area contributed by atoms with Gasteiger partial charge in [0.1, 0.15) is 5.52 Å². The predicted octanol–water partition coefficient (Wildman–Crippen LogP) is 5.19. The van der Waals surface area contributed by atoms with Crippen molar-refractivity contribution < 1.29 is 0 Å². The van der Waals surface area contributed by atoms with Gasteiger partial charge in [-0.3, -0.25) is 13.8 Å². The first-order chi connectivity index (χ1) is 15.4. The van der Waals surface area contributed by atoms with Crippen molar-refractivity contribution in [3.8, 4) is 11.3 Å². The van der Waals surface area contributed by atoms with E-state index in [1.807, 2.05) is 30.5 Å². The van der Waals surface area contributed by atoms with Crippen molar-refractivity contribution in [2.45, 2.75) is 0 Å². The van der Waals surface area contributed by atoms with E-state index in [-0.39, 0.29) is 0 Å². The van der Waals surface area contributed by atoms with Crippen LogP contribution in [0.2, 0.25) is 0 Å². The minimum Gasteiger partial charge on any atom is -0.276 e. The Morgan fingerprint density at radius 1 is 0.548 bits per heavy atom. The number of benzene rings is 3. The molecule has 6 heteroatoms. The number of hydrogen-bond acceptors (Lipinski definition) is 3. The Labute approximate surface area is 175 Å². The Morgan fingerprint density at radius 3 is 1.71 bits per heavy atom. The second-order valence-electron chi connectivity index (χ2n) is 7.89. The van der Waals surface area contributed by atoms with Gasteiger partial charge in [-0.05, 0) is 48.5 Å². The summed E-state index contributed by atoms with van der Waals surface area (Å²) in [4.78, 5) is 14.6. The van der Waals surface area contributed by atoms with Crippen molar-refractivity contribution in [2.75, 3.05) is 0 Å². The first-order valence-electron chi connectivity index (χ1n) is 10.2. The summed E-state index contributed by atoms with van der Waals surface area (Å²) in [5.41, 5.74) is 9.50. The predicted molar refractivity (Wildman–Crippen MR) is 122 cm³/mol. The summed E-state index contributed by atoms with van der Waals surface area (Å²) in [7, 11) is 0. The molecule has 0 bridgehead atoms. The molecule has 5 heterocycles. The zero-order chi connectivity index (χ0) is 20.1. The Hall–Kier alpha value is -4.45. The van der Waals surface area contributed by atoms with Crippen molar-refractivity contribution in [2.24, 2.45) is 0 Å². The van der Waals surface area contributed by atoms with Crippen LogP contribution < -0.4 is 0 Å². The second-order valence-corrected chi connectivity index (χ2v) is 7.89. The van der Waals surface area contributed by atoms with Crippen molar-refractivity contribution in [1.29, 1.82) is 0 Å². The van der Waals surface area contributed by atoms with Crippen molar-refractivity contribution in [3.05, 3.63) is 85.1 Å². The molecule has 0 amide bonds. The van der Waals surface area contributed by atoms with E-state index in [9.17, 15) is 0 Å². The van der Waals surface area contributed by atoms with Crippen LogP contribution in [0.4, 0.5) is 0 Å². The van der Waals surface area contributed by atoms with E-state index >= 15 is 0 Å². The molecule has 8 aromatic rings. The summed E-state index contributed by atoms with van der Waals surface area (Å²) >= 11 is 0. The zero-order valence-corrected chi connectivity index (χ0v) is 16.3. The molecule has 0 saturated carbocycles. The lowest BCUT2D eigenvalue weighted by Gasteiger charge is -2.04. The fourth-order valence-corrected chi connectivity index (χ4v) is 4.95. The number of imidazole rings is 4. The summed E-state index contributed by atoms with van der Waals surface area (Å²) < 4.78 is 6.67. The minimum absolute atomic E-state index is 0.879. The Balaban J connectivity index is 1.71. The SMILES string of the molecule is c1ccc(-c2cc3c4c(c2)n2c5ccccc5nc2n4c2nc4ccccc4n32)nc1. The van der Waals surface area contributed by atoms with E-state index in [1.54, 1.807) is 0 Å². The van der Waals surface area contributed by atoms with Crippen LogP contribution in [-0.2, 0) is 0 Å². The molecular formula is C25H14N6. The molecule has 0 unspecified atom stereocenters. The van der Waals surface area contributed by atoms with Gasteiger partial charge < -0.3 is 0 Å². The molecule has 3 aromatic carbocycles. The normalized spacial score (nSPS) is 12.5. The van der Waals surface area contributed by atoms with Gasteiger partial charge in [0.05, 0.1) is 38.8 Å². The van der Waals surface area contributed by atoms with Crippen LogP contribution in [-0.4, -0.2) is 28.2 Å². The molecular weight excluding hydrogens is 384 g/mol. The maximum atomic E-state index is 4.98. The highest BCUT2D eigenvalue weighted by atomic mass is 15.3. The molecule has 0 aliphatic heterocycles. The van der Waals surface area contributed by atoms with Crippen molar-refractivity contribution >= 4 is 50.2 Å². The number of aromatic nitrogens is 6. The average molecular weight is 398 g/mol. The van der Waals surface area contributed by atoms with Gasteiger partial charge in [0.2, 0.25) is 11.6 Å². The number of nitrogens with zero attached hydrogens (tertiary/aromatic N) is 6. The number of rotatable bonds is 1. The highest BCUT2D eigenvalue weighted by molar-refractivity contribution is 6.05. The van der Waals surface area contributed by atoms with Crippen LogP contribution in [0.3, 0.4) is 0 Å². The summed E-state index contributed by atoms with van der Waals surface area (Å²) in [6.07, 6.45) is 1.84. The number of hydrogen-bond donors (Lipinski definition) is 0. The molecule has 31 heavy (non-hydrogen) atoms. The highest BCUT2D eigenvalue weighted by Gasteiger charge is 2.24. The molecule has 0 aliphatic carbocycles. The third kappa shape index (κ3) is 1.77. The van der Waals surface area contributed by atoms with E-state index in [0.29, 0.717) is 0 Å². The summed E-state index contributed by atoms with van der Waals surface area (Å²) in [5.74, 6) is 1.76. The summed E-state index contributed by atoms with van der Waals surface area (Å²) in [5, 5.41) is 0. The lowest BCUT2D eigenvalue weighted by atomic mass is 10.1. The minimum atomic E-state index is 0.879. The van der Waals surface area contributed by atoms with E-state index in [4.69, 9.17) is 9.97 Å². The molecule has 0 saturated heterocycles. The molecule has 5 aromatic heterocycles. The van der Waals surface area contributed by atoms with Gasteiger partial charge in [-0.15, -0.1) is 0 Å². The highest BCUT2D eigenvalue weighted by Crippen LogP contribution is 2.36. The molecule has 6 nitrogen and oxygen atoms in total. The molecule has 8 rings (SSSR count). The van der Waals surface area contributed by atoms with Gasteiger partial charge in [-0.25, -0.2) is 14.4 Å². The van der Waals surface area contributed by atoms with E-state index in [2.05, 4.69) is 72.8 Å². The van der Waals surface area contributed by atoms with E-state index < -0.39 is 0 Å². The van der Waals surface area contributed by atoms with E-state index in [0.717, 1.165) is 61.4 Å². The Bertz CT molecular complexity index is 1820. The second kappa shape index (κ2) is 5.17. The average Bonchev–Trinajstić information content (AvgIpc) is 3.53. The van der Waals surface area contributed by atoms with Crippen LogP contribution in [0.15, 0.2) is 85.1 Å². The number of pyridine rings is 1.